The van der Waals surface area contributed by atoms with E-state index in [1.165, 1.54) is 35.8 Å². The van der Waals surface area contributed by atoms with Gasteiger partial charge in [0, 0.05) is 35.1 Å². The van der Waals surface area contributed by atoms with E-state index in [2.05, 4.69) is 33.0 Å². The van der Waals surface area contributed by atoms with Gasteiger partial charge < -0.3 is 25.4 Å². The Kier molecular flexibility index (Phi) is 10.3. The Hall–Kier alpha value is -3.90. The Morgan fingerprint density at radius 2 is 1.77 bits per heavy atom. The van der Waals surface area contributed by atoms with Crippen LogP contribution in [0.15, 0.2) is 83.8 Å². The molecule has 0 saturated carbocycles. The number of benzene rings is 3. The summed E-state index contributed by atoms with van der Waals surface area (Å²) in [6, 6.07) is 25.5. The number of hydrogen-bond donors (Lipinski definition) is 3. The number of fused-ring (bicyclic) bond motifs is 1. The van der Waals surface area contributed by atoms with Crippen molar-refractivity contribution in [2.75, 3.05) is 42.5 Å². The molecule has 3 N–H and O–H groups in total. The van der Waals surface area contributed by atoms with E-state index in [1.807, 2.05) is 66.7 Å². The Morgan fingerprint density at radius 3 is 2.56 bits per heavy atom. The number of anilines is 3. The average molecular weight is 633 g/mol. The van der Waals surface area contributed by atoms with Crippen molar-refractivity contribution in [1.82, 2.24) is 4.90 Å². The molecule has 1 amide bonds. The fourth-order valence-corrected chi connectivity index (χ4v) is 7.12. The SMILES string of the molecule is COC(=O)c1c(NC(=O)CSc2cccc(NC(=S)Nc3ccccc3OC)c2)sc2c1CCN(Cc1ccccc1)C2. The first-order valence-electron chi connectivity index (χ1n) is 13.7. The number of thioether (sulfide) groups is 1. The number of hydrogen-bond acceptors (Lipinski definition) is 8. The first kappa shape index (κ1) is 30.6. The second kappa shape index (κ2) is 14.5. The van der Waals surface area contributed by atoms with Crippen molar-refractivity contribution in [3.63, 3.8) is 0 Å². The lowest BCUT2D eigenvalue weighted by Crippen LogP contribution is -2.29. The van der Waals surface area contributed by atoms with Gasteiger partial charge in [-0.2, -0.15) is 0 Å². The first-order valence-corrected chi connectivity index (χ1v) is 15.9. The Morgan fingerprint density at radius 1 is 0.977 bits per heavy atom. The van der Waals surface area contributed by atoms with E-state index in [1.54, 1.807) is 7.11 Å². The fourth-order valence-electron chi connectivity index (χ4n) is 4.85. The van der Waals surface area contributed by atoms with Crippen LogP contribution in [0, 0.1) is 0 Å². The zero-order valence-corrected chi connectivity index (χ0v) is 26.3. The molecule has 1 aliphatic rings. The van der Waals surface area contributed by atoms with Crippen molar-refractivity contribution in [3.8, 4) is 5.75 Å². The third kappa shape index (κ3) is 7.94. The van der Waals surface area contributed by atoms with Gasteiger partial charge in [0.25, 0.3) is 0 Å². The molecule has 2 heterocycles. The van der Waals surface area contributed by atoms with Crippen molar-refractivity contribution in [3.05, 3.63) is 100 Å². The quantitative estimate of drug-likeness (QED) is 0.101. The number of ether oxygens (including phenoxy) is 2. The molecular weight excluding hydrogens is 601 g/mol. The molecule has 8 nitrogen and oxygen atoms in total. The number of carbonyl (C=O) groups is 2. The standard InChI is InChI=1S/C32H32N4O4S3/c1-39-26-14-7-6-13-25(26)34-32(41)33-22-11-8-12-23(17-22)42-20-28(37)35-30-29(31(38)40-2)24-15-16-36(19-27(24)43-30)18-21-9-4-3-5-10-21/h3-14,17H,15-16,18-20H2,1-2H3,(H,35,37)(H2,33,34,41). The van der Waals surface area contributed by atoms with E-state index in [4.69, 9.17) is 21.7 Å². The van der Waals surface area contributed by atoms with E-state index in [-0.39, 0.29) is 11.7 Å². The maximum atomic E-state index is 13.0. The third-order valence-corrected chi connectivity index (χ3v) is 9.17. The summed E-state index contributed by atoms with van der Waals surface area (Å²) in [4.78, 5) is 30.1. The summed E-state index contributed by atoms with van der Waals surface area (Å²) in [6.07, 6.45) is 0.723. The summed E-state index contributed by atoms with van der Waals surface area (Å²) in [5, 5.41) is 10.3. The fraction of sp³-hybridized carbons (Fsp3) is 0.219. The van der Waals surface area contributed by atoms with Gasteiger partial charge in [0.2, 0.25) is 5.91 Å². The normalized spacial score (nSPS) is 12.6. The van der Waals surface area contributed by atoms with Crippen molar-refractivity contribution in [2.24, 2.45) is 0 Å². The number of thiophene rings is 1. The molecule has 222 valence electrons. The van der Waals surface area contributed by atoms with Gasteiger partial charge in [-0.1, -0.05) is 48.5 Å². The van der Waals surface area contributed by atoms with E-state index >= 15 is 0 Å². The van der Waals surface area contributed by atoms with Crippen molar-refractivity contribution in [2.45, 2.75) is 24.4 Å². The predicted octanol–water partition coefficient (Wildman–Crippen LogP) is 6.64. The van der Waals surface area contributed by atoms with Crippen LogP contribution in [0.5, 0.6) is 5.75 Å². The van der Waals surface area contributed by atoms with Crippen molar-refractivity contribution < 1.29 is 19.1 Å². The van der Waals surface area contributed by atoms with Crippen LogP contribution in [0.2, 0.25) is 0 Å². The van der Waals surface area contributed by atoms with Crippen LogP contribution in [0.4, 0.5) is 16.4 Å². The zero-order valence-electron chi connectivity index (χ0n) is 23.8. The molecule has 43 heavy (non-hydrogen) atoms. The minimum Gasteiger partial charge on any atom is -0.495 e. The number of esters is 1. The number of nitrogens with zero attached hydrogens (tertiary/aromatic N) is 1. The number of rotatable bonds is 10. The third-order valence-electron chi connectivity index (χ3n) is 6.84. The predicted molar refractivity (Wildman–Crippen MR) is 179 cm³/mol. The molecule has 3 aromatic carbocycles. The molecule has 1 aromatic heterocycles. The van der Waals surface area contributed by atoms with Crippen LogP contribution >= 0.6 is 35.3 Å². The molecule has 0 atom stereocenters. The van der Waals surface area contributed by atoms with Gasteiger partial charge in [-0.05, 0) is 60.1 Å². The molecule has 5 rings (SSSR count). The molecule has 4 aromatic rings. The molecule has 1 aliphatic heterocycles. The lowest BCUT2D eigenvalue weighted by Gasteiger charge is -2.27. The van der Waals surface area contributed by atoms with Gasteiger partial charge in [0.05, 0.1) is 31.2 Å². The number of thiocarbonyl (C=S) groups is 1. The summed E-state index contributed by atoms with van der Waals surface area (Å²) in [6.45, 7) is 2.38. The molecule has 0 bridgehead atoms. The van der Waals surface area contributed by atoms with Crippen LogP contribution < -0.4 is 20.7 Å². The van der Waals surface area contributed by atoms with E-state index in [0.717, 1.165) is 52.8 Å². The number of para-hydroxylation sites is 2. The number of amides is 1. The molecule has 11 heteroatoms. The highest BCUT2D eigenvalue weighted by Gasteiger charge is 2.29. The lowest BCUT2D eigenvalue weighted by molar-refractivity contribution is -0.113. The maximum Gasteiger partial charge on any atom is 0.341 e. The van der Waals surface area contributed by atoms with Crippen LogP contribution in [-0.4, -0.2) is 48.4 Å². The van der Waals surface area contributed by atoms with Gasteiger partial charge in [-0.3, -0.25) is 9.69 Å². The lowest BCUT2D eigenvalue weighted by atomic mass is 10.0. The largest absolute Gasteiger partial charge is 0.495 e. The maximum absolute atomic E-state index is 13.0. The minimum absolute atomic E-state index is 0.177. The Balaban J connectivity index is 1.20. The van der Waals surface area contributed by atoms with E-state index in [0.29, 0.717) is 21.4 Å². The van der Waals surface area contributed by atoms with Crippen LogP contribution in [-0.2, 0) is 29.0 Å². The minimum atomic E-state index is -0.423. The molecule has 0 aliphatic carbocycles. The number of carbonyl (C=O) groups excluding carboxylic acids is 2. The summed E-state index contributed by atoms with van der Waals surface area (Å²) in [7, 11) is 2.98. The van der Waals surface area contributed by atoms with Crippen molar-refractivity contribution >= 4 is 68.7 Å². The van der Waals surface area contributed by atoms with Crippen LogP contribution in [0.1, 0.15) is 26.4 Å². The summed E-state index contributed by atoms with van der Waals surface area (Å²) in [5.74, 6) is 0.250. The smallest absolute Gasteiger partial charge is 0.341 e. The molecular formula is C32H32N4O4S3. The second-order valence-corrected chi connectivity index (χ2v) is 12.4. The van der Waals surface area contributed by atoms with Crippen LogP contribution in [0.3, 0.4) is 0 Å². The van der Waals surface area contributed by atoms with Crippen molar-refractivity contribution in [1.29, 1.82) is 0 Å². The van der Waals surface area contributed by atoms with Crippen LogP contribution in [0.25, 0.3) is 0 Å². The number of nitrogens with one attached hydrogen (secondary N) is 3. The highest BCUT2D eigenvalue weighted by molar-refractivity contribution is 8.00. The summed E-state index contributed by atoms with van der Waals surface area (Å²) in [5.41, 5.74) is 4.24. The molecule has 0 saturated heterocycles. The number of methoxy groups -OCH3 is 2. The van der Waals surface area contributed by atoms with Gasteiger partial charge >= 0.3 is 5.97 Å². The molecule has 0 unspecified atom stereocenters. The van der Waals surface area contributed by atoms with Gasteiger partial charge in [0.15, 0.2) is 5.11 Å². The average Bonchev–Trinajstić information content (AvgIpc) is 3.37. The zero-order chi connectivity index (χ0) is 30.2. The topological polar surface area (TPSA) is 91.9 Å². The first-order chi connectivity index (χ1) is 20.9. The summed E-state index contributed by atoms with van der Waals surface area (Å²) < 4.78 is 10.5. The molecule has 0 radical (unpaired) electrons. The van der Waals surface area contributed by atoms with E-state index in [9.17, 15) is 9.59 Å². The van der Waals surface area contributed by atoms with Gasteiger partial charge in [-0.25, -0.2) is 4.79 Å². The van der Waals surface area contributed by atoms with E-state index < -0.39 is 5.97 Å². The second-order valence-electron chi connectivity index (χ2n) is 9.79. The Labute approximate surface area is 264 Å². The molecule has 0 spiro atoms. The monoisotopic (exact) mass is 632 g/mol. The highest BCUT2D eigenvalue weighted by atomic mass is 32.2. The highest BCUT2D eigenvalue weighted by Crippen LogP contribution is 2.38. The summed E-state index contributed by atoms with van der Waals surface area (Å²) >= 11 is 8.34. The Bertz CT molecular complexity index is 1610. The van der Waals surface area contributed by atoms with Gasteiger partial charge in [0.1, 0.15) is 10.8 Å². The van der Waals surface area contributed by atoms with Gasteiger partial charge in [-0.15, -0.1) is 23.1 Å². The molecule has 0 fully saturated rings.